The Hall–Kier alpha value is -1.14. The summed E-state index contributed by atoms with van der Waals surface area (Å²) in [6, 6.07) is 0. The number of alkyl carbamates (subject to hydrolysis) is 1. The van der Waals surface area contributed by atoms with Crippen LogP contribution in [0.5, 0.6) is 0 Å². The number of carbonyl (C=O) groups excluding carboxylic acids is 1. The monoisotopic (exact) mass is 553 g/mol. The summed E-state index contributed by atoms with van der Waals surface area (Å²) in [5.74, 6) is 0.915. The summed E-state index contributed by atoms with van der Waals surface area (Å²) in [5, 5.41) is 7.23. The van der Waals surface area contributed by atoms with Gasteiger partial charge in [0.15, 0.2) is 5.96 Å². The highest BCUT2D eigenvalue weighted by Gasteiger charge is 2.22. The normalized spacial score (nSPS) is 15.5. The van der Waals surface area contributed by atoms with Gasteiger partial charge in [-0.2, -0.15) is 0 Å². The van der Waals surface area contributed by atoms with E-state index in [9.17, 15) is 4.79 Å². The number of aliphatic imine (C=N–C) groups is 1. The van der Waals surface area contributed by atoms with Crippen molar-refractivity contribution in [2.24, 2.45) is 4.99 Å². The van der Waals surface area contributed by atoms with Crippen LogP contribution in [0, 0.1) is 6.92 Å². The van der Waals surface area contributed by atoms with Crippen LogP contribution in [0.1, 0.15) is 49.9 Å². The molecule has 1 amide bonds. The lowest BCUT2D eigenvalue weighted by Crippen LogP contribution is -2.46. The van der Waals surface area contributed by atoms with Crippen molar-refractivity contribution in [3.8, 4) is 0 Å². The molecular formula is C20H36IN5O3S. The van der Waals surface area contributed by atoms with Crippen LogP contribution in [0.2, 0.25) is 0 Å². The van der Waals surface area contributed by atoms with E-state index in [1.54, 1.807) is 11.3 Å². The van der Waals surface area contributed by atoms with Crippen LogP contribution in [0.15, 0.2) is 11.2 Å². The quantitative estimate of drug-likeness (QED) is 0.233. The van der Waals surface area contributed by atoms with Crippen LogP contribution in [0.25, 0.3) is 0 Å². The number of ether oxygens (including phenoxy) is 2. The first-order chi connectivity index (χ1) is 13.8. The highest BCUT2D eigenvalue weighted by Crippen LogP contribution is 2.15. The molecule has 172 valence electrons. The summed E-state index contributed by atoms with van der Waals surface area (Å²) in [4.78, 5) is 23.9. The summed E-state index contributed by atoms with van der Waals surface area (Å²) >= 11 is 1.70. The predicted molar refractivity (Wildman–Crippen MR) is 132 cm³/mol. The number of rotatable bonds is 7. The van der Waals surface area contributed by atoms with Gasteiger partial charge in [0.25, 0.3) is 0 Å². The molecule has 1 aromatic heterocycles. The minimum absolute atomic E-state index is 0. The molecule has 2 rings (SSSR count). The first-order valence-electron chi connectivity index (χ1n) is 10.2. The summed E-state index contributed by atoms with van der Waals surface area (Å²) in [7, 11) is 1.82. The molecule has 0 atom stereocenters. The zero-order valence-electron chi connectivity index (χ0n) is 18.7. The maximum absolute atomic E-state index is 11.6. The third-order valence-corrected chi connectivity index (χ3v) is 5.28. The summed E-state index contributed by atoms with van der Waals surface area (Å²) in [6.45, 7) is 11.3. The molecule has 0 aromatic carbocycles. The summed E-state index contributed by atoms with van der Waals surface area (Å²) in [5.41, 5.74) is -0.469. The summed E-state index contributed by atoms with van der Waals surface area (Å²) < 4.78 is 11.2. The number of piperidine rings is 1. The number of carbonyl (C=O) groups is 1. The van der Waals surface area contributed by atoms with E-state index in [1.807, 2.05) is 34.0 Å². The van der Waals surface area contributed by atoms with Crippen molar-refractivity contribution >= 4 is 47.4 Å². The molecule has 0 saturated carbocycles. The van der Waals surface area contributed by atoms with Crippen molar-refractivity contribution in [2.75, 3.05) is 33.3 Å². The van der Waals surface area contributed by atoms with Crippen LogP contribution in [0.3, 0.4) is 0 Å². The SMILES string of the molecule is CN=C(NCc1ncc(C)s1)N1CCC(OCCCNC(=O)OC(C)(C)C)CC1.I. The molecule has 0 bridgehead atoms. The first kappa shape index (κ1) is 26.9. The van der Waals surface area contributed by atoms with Gasteiger partial charge in [-0.3, -0.25) is 4.99 Å². The fourth-order valence-corrected chi connectivity index (χ4v) is 3.76. The third kappa shape index (κ3) is 10.3. The number of amides is 1. The number of guanidine groups is 1. The number of halogens is 1. The zero-order valence-corrected chi connectivity index (χ0v) is 21.8. The molecule has 30 heavy (non-hydrogen) atoms. The number of hydrogen-bond donors (Lipinski definition) is 2. The Morgan fingerprint density at radius 1 is 1.33 bits per heavy atom. The average Bonchev–Trinajstić information content (AvgIpc) is 3.07. The highest BCUT2D eigenvalue weighted by molar-refractivity contribution is 14.0. The molecule has 0 radical (unpaired) electrons. The average molecular weight is 554 g/mol. The Kier molecular flexibility index (Phi) is 11.9. The van der Waals surface area contributed by atoms with Crippen LogP contribution in [-0.2, 0) is 16.0 Å². The Balaban J connectivity index is 0.00000450. The lowest BCUT2D eigenvalue weighted by Gasteiger charge is -2.34. The van der Waals surface area contributed by atoms with E-state index < -0.39 is 5.60 Å². The lowest BCUT2D eigenvalue weighted by molar-refractivity contribution is 0.0170. The molecular weight excluding hydrogens is 517 g/mol. The van der Waals surface area contributed by atoms with Crippen LogP contribution in [0.4, 0.5) is 4.79 Å². The van der Waals surface area contributed by atoms with E-state index in [2.05, 4.69) is 32.4 Å². The van der Waals surface area contributed by atoms with Crippen LogP contribution < -0.4 is 10.6 Å². The van der Waals surface area contributed by atoms with Gasteiger partial charge in [-0.1, -0.05) is 0 Å². The fraction of sp³-hybridized carbons (Fsp3) is 0.750. The number of aromatic nitrogens is 1. The molecule has 0 aliphatic carbocycles. The second-order valence-corrected chi connectivity index (χ2v) is 9.42. The molecule has 0 unspecified atom stereocenters. The predicted octanol–water partition coefficient (Wildman–Crippen LogP) is 3.54. The minimum atomic E-state index is -0.469. The number of nitrogens with zero attached hydrogens (tertiary/aromatic N) is 3. The number of nitrogens with one attached hydrogen (secondary N) is 2. The second-order valence-electron chi connectivity index (χ2n) is 8.10. The van der Waals surface area contributed by atoms with E-state index in [0.717, 1.165) is 43.3 Å². The van der Waals surface area contributed by atoms with Gasteiger partial charge in [-0.15, -0.1) is 35.3 Å². The molecule has 1 aromatic rings. The molecule has 8 nitrogen and oxygen atoms in total. The molecule has 1 aliphatic heterocycles. The zero-order chi connectivity index (χ0) is 21.3. The van der Waals surface area contributed by atoms with E-state index in [4.69, 9.17) is 9.47 Å². The Morgan fingerprint density at radius 3 is 2.60 bits per heavy atom. The summed E-state index contributed by atoms with van der Waals surface area (Å²) in [6.07, 6.45) is 4.49. The van der Waals surface area contributed by atoms with E-state index in [0.29, 0.717) is 19.7 Å². The van der Waals surface area contributed by atoms with Crippen LogP contribution in [-0.4, -0.2) is 66.9 Å². The van der Waals surface area contributed by atoms with Gasteiger partial charge >= 0.3 is 6.09 Å². The largest absolute Gasteiger partial charge is 0.444 e. The van der Waals surface area contributed by atoms with Crippen LogP contribution >= 0.6 is 35.3 Å². The van der Waals surface area contributed by atoms with Gasteiger partial charge in [-0.05, 0) is 47.0 Å². The smallest absolute Gasteiger partial charge is 0.407 e. The number of thiazole rings is 1. The van der Waals surface area contributed by atoms with Crippen molar-refractivity contribution in [1.82, 2.24) is 20.5 Å². The van der Waals surface area contributed by atoms with Crippen molar-refractivity contribution in [3.05, 3.63) is 16.1 Å². The maximum Gasteiger partial charge on any atom is 0.407 e. The minimum Gasteiger partial charge on any atom is -0.444 e. The van der Waals surface area contributed by atoms with Crippen molar-refractivity contribution in [3.63, 3.8) is 0 Å². The van der Waals surface area contributed by atoms with Crippen molar-refractivity contribution in [2.45, 2.75) is 65.2 Å². The molecule has 0 spiro atoms. The van der Waals surface area contributed by atoms with Crippen molar-refractivity contribution in [1.29, 1.82) is 0 Å². The standard InChI is InChI=1S/C20H35N5O3S.HI/c1-15-13-23-17(29-15)14-24-18(21-5)25-10-7-16(8-11-25)27-12-6-9-22-19(26)28-20(2,3)4;/h13,16H,6-12,14H2,1-5H3,(H,21,24)(H,22,26);1H. The topological polar surface area (TPSA) is 88.1 Å². The van der Waals surface area contributed by atoms with E-state index in [1.165, 1.54) is 4.88 Å². The number of hydrogen-bond acceptors (Lipinski definition) is 6. The van der Waals surface area contributed by atoms with Gasteiger partial charge in [0.05, 0.1) is 12.6 Å². The Bertz CT molecular complexity index is 670. The Labute approximate surface area is 201 Å². The van der Waals surface area contributed by atoms with Gasteiger partial charge in [0.2, 0.25) is 0 Å². The molecule has 1 aliphatic rings. The lowest BCUT2D eigenvalue weighted by atomic mass is 10.1. The molecule has 2 heterocycles. The molecule has 2 N–H and O–H groups in total. The Morgan fingerprint density at radius 2 is 2.03 bits per heavy atom. The van der Waals surface area contributed by atoms with Gasteiger partial charge < -0.3 is 25.0 Å². The number of aryl methyl sites for hydroxylation is 1. The second kappa shape index (κ2) is 13.3. The fourth-order valence-electron chi connectivity index (χ4n) is 3.03. The molecule has 10 heteroatoms. The third-order valence-electron chi connectivity index (χ3n) is 4.36. The van der Waals surface area contributed by atoms with E-state index in [-0.39, 0.29) is 36.2 Å². The highest BCUT2D eigenvalue weighted by atomic mass is 127. The maximum atomic E-state index is 11.6. The number of likely N-dealkylation sites (tertiary alicyclic amines) is 1. The molecule has 1 fully saturated rings. The van der Waals surface area contributed by atoms with Gasteiger partial charge in [-0.25, -0.2) is 9.78 Å². The molecule has 1 saturated heterocycles. The van der Waals surface area contributed by atoms with Crippen molar-refractivity contribution < 1.29 is 14.3 Å². The van der Waals surface area contributed by atoms with Gasteiger partial charge in [0.1, 0.15) is 10.6 Å². The first-order valence-corrected chi connectivity index (χ1v) is 11.0. The van der Waals surface area contributed by atoms with E-state index >= 15 is 0 Å². The van der Waals surface area contributed by atoms with Gasteiger partial charge in [0, 0.05) is 44.4 Å².